The van der Waals surface area contributed by atoms with Crippen molar-refractivity contribution >= 4 is 11.9 Å². The van der Waals surface area contributed by atoms with Gasteiger partial charge in [0.15, 0.2) is 6.23 Å². The quantitative estimate of drug-likeness (QED) is 0.272. The molecule has 1 aliphatic carbocycles. The van der Waals surface area contributed by atoms with Crippen LogP contribution in [-0.2, 0) is 9.59 Å². The van der Waals surface area contributed by atoms with Gasteiger partial charge in [-0.15, -0.1) is 0 Å². The zero-order valence-corrected chi connectivity index (χ0v) is 21.9. The lowest BCUT2D eigenvalue weighted by Crippen LogP contribution is -2.51. The minimum atomic E-state index is -1.37. The van der Waals surface area contributed by atoms with E-state index in [1.54, 1.807) is 41.1 Å². The standard InChI is InChI=1S/C28H33FN4O6/c1-38-22-9-6-10-23(39-2)25(22)21-15-20(32-33(21)19-13-11-18(29)12-14-19)27(36)31-26(17-7-4-3-5-8-17)28(37)30-16-24(34)35/h6,9-15,17,26-27,31,36H,3-5,7-8,16H2,1-2H3,(H,30,37)(H,34,35)/t26-,27?/m0/s1. The van der Waals surface area contributed by atoms with Crippen molar-refractivity contribution in [1.29, 1.82) is 0 Å². The van der Waals surface area contributed by atoms with Crippen LogP contribution in [0.4, 0.5) is 4.39 Å². The zero-order chi connectivity index (χ0) is 27.9. The Morgan fingerprint density at radius 3 is 2.31 bits per heavy atom. The van der Waals surface area contributed by atoms with Gasteiger partial charge in [-0.05, 0) is 61.2 Å². The van der Waals surface area contributed by atoms with Gasteiger partial charge in [0.05, 0.1) is 37.2 Å². The SMILES string of the molecule is COc1cccc(OC)c1-c1cc(C(O)N[C@H](C(=O)NCC(=O)O)C2CCCCC2)nn1-c1ccc(F)cc1. The number of carbonyl (C=O) groups excluding carboxylic acids is 1. The van der Waals surface area contributed by atoms with Crippen LogP contribution in [0, 0.1) is 11.7 Å². The van der Waals surface area contributed by atoms with E-state index in [1.807, 2.05) is 0 Å². The molecule has 1 fully saturated rings. The molecular weight excluding hydrogens is 507 g/mol. The molecule has 0 spiro atoms. The van der Waals surface area contributed by atoms with Crippen LogP contribution >= 0.6 is 0 Å². The van der Waals surface area contributed by atoms with E-state index in [0.29, 0.717) is 28.4 Å². The molecule has 1 aromatic heterocycles. The summed E-state index contributed by atoms with van der Waals surface area (Å²) >= 11 is 0. The summed E-state index contributed by atoms with van der Waals surface area (Å²) in [5.74, 6) is -1.13. The summed E-state index contributed by atoms with van der Waals surface area (Å²) in [6, 6.07) is 11.9. The Morgan fingerprint density at radius 1 is 1.08 bits per heavy atom. The Hall–Kier alpha value is -3.96. The number of aliphatic carboxylic acids is 1. The van der Waals surface area contributed by atoms with Gasteiger partial charge in [-0.1, -0.05) is 25.3 Å². The number of carbonyl (C=O) groups is 2. The molecule has 4 rings (SSSR count). The first-order chi connectivity index (χ1) is 18.8. The summed E-state index contributed by atoms with van der Waals surface area (Å²) in [6.07, 6.45) is 3.14. The highest BCUT2D eigenvalue weighted by molar-refractivity contribution is 5.85. The lowest BCUT2D eigenvalue weighted by atomic mass is 9.83. The summed E-state index contributed by atoms with van der Waals surface area (Å²) in [4.78, 5) is 24.0. The summed E-state index contributed by atoms with van der Waals surface area (Å²) in [5.41, 5.74) is 1.81. The molecule has 1 heterocycles. The van der Waals surface area contributed by atoms with E-state index in [0.717, 1.165) is 32.1 Å². The topological polar surface area (TPSA) is 135 Å². The van der Waals surface area contributed by atoms with Gasteiger partial charge >= 0.3 is 5.97 Å². The number of rotatable bonds is 11. The third-order valence-corrected chi connectivity index (χ3v) is 6.92. The number of carboxylic acids is 1. The average molecular weight is 541 g/mol. The number of aliphatic hydroxyl groups excluding tert-OH is 1. The largest absolute Gasteiger partial charge is 0.496 e. The van der Waals surface area contributed by atoms with Crippen molar-refractivity contribution in [2.45, 2.75) is 44.4 Å². The van der Waals surface area contributed by atoms with Crippen molar-refractivity contribution in [3.63, 3.8) is 0 Å². The fourth-order valence-corrected chi connectivity index (χ4v) is 5.02. The minimum Gasteiger partial charge on any atom is -0.496 e. The van der Waals surface area contributed by atoms with Gasteiger partial charge in [0.1, 0.15) is 29.6 Å². The van der Waals surface area contributed by atoms with Gasteiger partial charge in [0.2, 0.25) is 5.91 Å². The molecule has 10 nitrogen and oxygen atoms in total. The number of aliphatic hydroxyl groups is 1. The lowest BCUT2D eigenvalue weighted by molar-refractivity contribution is -0.138. The highest BCUT2D eigenvalue weighted by Crippen LogP contribution is 2.40. The Kier molecular flexibility index (Phi) is 9.15. The van der Waals surface area contributed by atoms with E-state index < -0.39 is 36.5 Å². The molecule has 39 heavy (non-hydrogen) atoms. The summed E-state index contributed by atoms with van der Waals surface area (Å²) in [5, 5.41) is 30.3. The van der Waals surface area contributed by atoms with Gasteiger partial charge in [-0.2, -0.15) is 5.10 Å². The molecule has 1 unspecified atom stereocenters. The van der Waals surface area contributed by atoms with E-state index in [2.05, 4.69) is 15.7 Å². The molecule has 3 aromatic rings. The van der Waals surface area contributed by atoms with Crippen LogP contribution < -0.4 is 20.1 Å². The van der Waals surface area contributed by atoms with E-state index >= 15 is 0 Å². The predicted octanol–water partition coefficient (Wildman–Crippen LogP) is 3.43. The summed E-state index contributed by atoms with van der Waals surface area (Å²) < 4.78 is 26.4. The van der Waals surface area contributed by atoms with Crippen molar-refractivity contribution in [2.24, 2.45) is 5.92 Å². The first kappa shape index (κ1) is 28.1. The minimum absolute atomic E-state index is 0.0739. The third kappa shape index (κ3) is 6.55. The van der Waals surface area contributed by atoms with Crippen molar-refractivity contribution in [1.82, 2.24) is 20.4 Å². The van der Waals surface area contributed by atoms with Crippen molar-refractivity contribution in [3.05, 3.63) is 60.0 Å². The molecule has 2 aromatic carbocycles. The fourth-order valence-electron chi connectivity index (χ4n) is 5.02. The second-order valence-corrected chi connectivity index (χ2v) is 9.44. The maximum absolute atomic E-state index is 13.7. The Morgan fingerprint density at radius 2 is 1.72 bits per heavy atom. The van der Waals surface area contributed by atoms with Gasteiger partial charge < -0.3 is 25.0 Å². The maximum atomic E-state index is 13.7. The number of aromatic nitrogens is 2. The first-order valence-corrected chi connectivity index (χ1v) is 12.8. The van der Waals surface area contributed by atoms with Gasteiger partial charge in [-0.3, -0.25) is 14.9 Å². The van der Waals surface area contributed by atoms with E-state index in [4.69, 9.17) is 14.6 Å². The normalized spacial score (nSPS) is 15.4. The Bertz CT molecular complexity index is 1270. The molecule has 208 valence electrons. The molecule has 11 heteroatoms. The monoisotopic (exact) mass is 540 g/mol. The summed E-state index contributed by atoms with van der Waals surface area (Å²) in [6.45, 7) is -0.517. The number of amides is 1. The average Bonchev–Trinajstić information content (AvgIpc) is 3.40. The number of benzene rings is 2. The second-order valence-electron chi connectivity index (χ2n) is 9.44. The Balaban J connectivity index is 1.74. The molecule has 1 amide bonds. The molecular formula is C28H33FN4O6. The third-order valence-electron chi connectivity index (χ3n) is 6.92. The number of carboxylic acid groups (broad SMARTS) is 1. The lowest BCUT2D eigenvalue weighted by Gasteiger charge is -2.31. The zero-order valence-electron chi connectivity index (χ0n) is 21.9. The predicted molar refractivity (Wildman–Crippen MR) is 141 cm³/mol. The van der Waals surface area contributed by atoms with Crippen LogP contribution in [0.1, 0.15) is 44.0 Å². The van der Waals surface area contributed by atoms with Crippen molar-refractivity contribution in [2.75, 3.05) is 20.8 Å². The van der Waals surface area contributed by atoms with E-state index in [-0.39, 0.29) is 11.6 Å². The smallest absolute Gasteiger partial charge is 0.322 e. The number of hydrogen-bond donors (Lipinski definition) is 4. The Labute approximate surface area is 225 Å². The van der Waals surface area contributed by atoms with Crippen molar-refractivity contribution < 1.29 is 33.7 Å². The van der Waals surface area contributed by atoms with Crippen molar-refractivity contribution in [3.8, 4) is 28.4 Å². The highest BCUT2D eigenvalue weighted by atomic mass is 19.1. The van der Waals surface area contributed by atoms with Gasteiger partial charge in [0, 0.05) is 0 Å². The number of halogens is 1. The molecule has 4 N–H and O–H groups in total. The van der Waals surface area contributed by atoms with E-state index in [1.165, 1.54) is 26.4 Å². The molecule has 0 bridgehead atoms. The maximum Gasteiger partial charge on any atom is 0.322 e. The van der Waals surface area contributed by atoms with Crippen LogP contribution in [0.2, 0.25) is 0 Å². The first-order valence-electron chi connectivity index (χ1n) is 12.8. The highest BCUT2D eigenvalue weighted by Gasteiger charge is 2.33. The molecule has 0 saturated heterocycles. The number of methoxy groups -OCH3 is 2. The van der Waals surface area contributed by atoms with Crippen LogP contribution in [0.5, 0.6) is 11.5 Å². The number of nitrogens with one attached hydrogen (secondary N) is 2. The van der Waals surface area contributed by atoms with Crippen LogP contribution in [-0.4, -0.2) is 58.7 Å². The van der Waals surface area contributed by atoms with E-state index in [9.17, 15) is 19.1 Å². The molecule has 2 atom stereocenters. The molecule has 1 aliphatic rings. The van der Waals surface area contributed by atoms with Gasteiger partial charge in [0.25, 0.3) is 0 Å². The summed E-state index contributed by atoms with van der Waals surface area (Å²) in [7, 11) is 3.05. The van der Waals surface area contributed by atoms with Gasteiger partial charge in [-0.25, -0.2) is 9.07 Å². The molecule has 0 aliphatic heterocycles. The van der Waals surface area contributed by atoms with Crippen LogP contribution in [0.3, 0.4) is 0 Å². The number of ether oxygens (including phenoxy) is 2. The van der Waals surface area contributed by atoms with Crippen LogP contribution in [0.25, 0.3) is 16.9 Å². The second kappa shape index (κ2) is 12.7. The molecule has 1 saturated carbocycles. The van der Waals surface area contributed by atoms with Crippen LogP contribution in [0.15, 0.2) is 48.5 Å². The number of nitrogens with zero attached hydrogens (tertiary/aromatic N) is 2. The number of hydrogen-bond acceptors (Lipinski definition) is 7. The molecule has 0 radical (unpaired) electrons. The fraction of sp³-hybridized carbons (Fsp3) is 0.393.